The number of aromatic nitrogens is 5. The van der Waals surface area contributed by atoms with E-state index in [1.165, 1.54) is 11.8 Å². The molecule has 0 unspecified atom stereocenters. The van der Waals surface area contributed by atoms with Gasteiger partial charge in [0.25, 0.3) is 5.95 Å². The monoisotopic (exact) mass is 454 g/mol. The van der Waals surface area contributed by atoms with E-state index in [-0.39, 0.29) is 24.2 Å². The molecule has 2 aromatic heterocycles. The molecule has 0 saturated carbocycles. The molecular formula is C25H22N6O3. The summed E-state index contributed by atoms with van der Waals surface area (Å²) in [6.45, 7) is 3.91. The molecule has 2 aromatic carbocycles. The first kappa shape index (κ1) is 21.4. The van der Waals surface area contributed by atoms with Crippen molar-refractivity contribution in [3.05, 3.63) is 82.7 Å². The van der Waals surface area contributed by atoms with E-state index < -0.39 is 5.97 Å². The minimum Gasteiger partial charge on any atom is -0.465 e. The van der Waals surface area contributed by atoms with E-state index in [4.69, 9.17) is 4.74 Å². The summed E-state index contributed by atoms with van der Waals surface area (Å²) in [6, 6.07) is 15.0. The molecule has 5 rings (SSSR count). The lowest BCUT2D eigenvalue weighted by Crippen LogP contribution is -2.25. The first-order chi connectivity index (χ1) is 16.4. The van der Waals surface area contributed by atoms with Gasteiger partial charge in [0.1, 0.15) is 5.82 Å². The number of methoxy groups -OCH3 is 1. The van der Waals surface area contributed by atoms with Gasteiger partial charge in [0.15, 0.2) is 0 Å². The van der Waals surface area contributed by atoms with Gasteiger partial charge in [0.2, 0.25) is 5.91 Å². The summed E-state index contributed by atoms with van der Waals surface area (Å²) in [5, 5.41) is 15.9. The van der Waals surface area contributed by atoms with Crippen molar-refractivity contribution in [2.24, 2.45) is 0 Å². The van der Waals surface area contributed by atoms with E-state index in [2.05, 4.69) is 25.6 Å². The van der Waals surface area contributed by atoms with Crippen LogP contribution in [0.4, 0.5) is 5.82 Å². The number of hydrogen-bond donors (Lipinski definition) is 1. The third-order valence-electron chi connectivity index (χ3n) is 5.92. The van der Waals surface area contributed by atoms with Crippen LogP contribution in [0.2, 0.25) is 0 Å². The lowest BCUT2D eigenvalue weighted by Gasteiger charge is -2.24. The fourth-order valence-electron chi connectivity index (χ4n) is 4.19. The minimum absolute atomic E-state index is 0.140. The largest absolute Gasteiger partial charge is 0.465 e. The maximum absolute atomic E-state index is 12.7. The normalized spacial score (nSPS) is 14.9. The van der Waals surface area contributed by atoms with Crippen molar-refractivity contribution in [2.45, 2.75) is 26.2 Å². The Bertz CT molecular complexity index is 1390. The smallest absolute Gasteiger partial charge is 0.337 e. The van der Waals surface area contributed by atoms with Crippen LogP contribution < -0.4 is 5.32 Å². The highest BCUT2D eigenvalue weighted by Crippen LogP contribution is 2.40. The lowest BCUT2D eigenvalue weighted by atomic mass is 9.85. The van der Waals surface area contributed by atoms with Gasteiger partial charge in [-0.25, -0.2) is 9.78 Å². The number of aryl methyl sites for hydroxylation is 2. The van der Waals surface area contributed by atoms with Crippen LogP contribution in [0.3, 0.4) is 0 Å². The van der Waals surface area contributed by atoms with E-state index in [0.29, 0.717) is 17.1 Å². The molecule has 170 valence electrons. The SMILES string of the molecule is COC(=O)c1ccc([C@H]2CC(=O)Nc3c2c(C)nn3-c2nncc(-c3ccc(C)cc3)n2)cc1. The summed E-state index contributed by atoms with van der Waals surface area (Å²) in [4.78, 5) is 29.1. The van der Waals surface area contributed by atoms with Gasteiger partial charge in [-0.1, -0.05) is 42.0 Å². The summed E-state index contributed by atoms with van der Waals surface area (Å²) in [5.74, 6) is 0.0228. The highest BCUT2D eigenvalue weighted by molar-refractivity contribution is 5.95. The number of fused-ring (bicyclic) bond motifs is 1. The van der Waals surface area contributed by atoms with E-state index >= 15 is 0 Å². The Hall–Kier alpha value is -4.40. The molecule has 3 heterocycles. The molecule has 34 heavy (non-hydrogen) atoms. The standard InChI is InChI=1S/C25H22N6O3/c1-14-4-6-17(7-5-14)20-13-26-29-25(27-20)31-23-22(15(2)30-31)19(12-21(32)28-23)16-8-10-18(11-9-16)24(33)34-3/h4-11,13,19H,12H2,1-3H3,(H,28,32)/t19-/m1/s1. The van der Waals surface area contributed by atoms with E-state index in [9.17, 15) is 9.59 Å². The quantitative estimate of drug-likeness (QED) is 0.469. The maximum Gasteiger partial charge on any atom is 0.337 e. The molecule has 0 aliphatic carbocycles. The van der Waals surface area contributed by atoms with E-state index in [0.717, 1.165) is 27.9 Å². The molecule has 4 aromatic rings. The van der Waals surface area contributed by atoms with Crippen molar-refractivity contribution < 1.29 is 14.3 Å². The number of esters is 1. The molecule has 0 radical (unpaired) electrons. The van der Waals surface area contributed by atoms with Crippen LogP contribution in [0.5, 0.6) is 0 Å². The second-order valence-corrected chi connectivity index (χ2v) is 8.19. The van der Waals surface area contributed by atoms with Crippen molar-refractivity contribution in [3.63, 3.8) is 0 Å². The molecule has 1 amide bonds. The lowest BCUT2D eigenvalue weighted by molar-refractivity contribution is -0.116. The Morgan fingerprint density at radius 1 is 1.09 bits per heavy atom. The minimum atomic E-state index is -0.407. The third-order valence-corrected chi connectivity index (χ3v) is 5.92. The number of carbonyl (C=O) groups excluding carboxylic acids is 2. The molecule has 0 bridgehead atoms. The number of ether oxygens (including phenoxy) is 1. The van der Waals surface area contributed by atoms with Crippen molar-refractivity contribution in [1.82, 2.24) is 25.0 Å². The molecule has 1 N–H and O–H groups in total. The molecular weight excluding hydrogens is 432 g/mol. The molecule has 1 aliphatic heterocycles. The van der Waals surface area contributed by atoms with Crippen molar-refractivity contribution in [1.29, 1.82) is 0 Å². The Morgan fingerprint density at radius 3 is 2.53 bits per heavy atom. The molecule has 0 spiro atoms. The predicted octanol–water partition coefficient (Wildman–Crippen LogP) is 3.60. The zero-order valence-electron chi connectivity index (χ0n) is 18.9. The van der Waals surface area contributed by atoms with Gasteiger partial charge < -0.3 is 10.1 Å². The van der Waals surface area contributed by atoms with Gasteiger partial charge in [-0.3, -0.25) is 4.79 Å². The van der Waals surface area contributed by atoms with Crippen LogP contribution in [0.25, 0.3) is 17.2 Å². The number of amides is 1. The number of nitrogens with zero attached hydrogens (tertiary/aromatic N) is 5. The second kappa shape index (κ2) is 8.51. The first-order valence-corrected chi connectivity index (χ1v) is 10.8. The summed E-state index contributed by atoms with van der Waals surface area (Å²) < 4.78 is 6.31. The molecule has 9 heteroatoms. The molecule has 0 saturated heterocycles. The van der Waals surface area contributed by atoms with Gasteiger partial charge >= 0.3 is 5.97 Å². The van der Waals surface area contributed by atoms with Crippen LogP contribution in [-0.2, 0) is 9.53 Å². The average Bonchev–Trinajstić information content (AvgIpc) is 3.19. The van der Waals surface area contributed by atoms with Crippen molar-refractivity contribution >= 4 is 17.7 Å². The second-order valence-electron chi connectivity index (χ2n) is 8.19. The fraction of sp³-hybridized carbons (Fsp3) is 0.200. The summed E-state index contributed by atoms with van der Waals surface area (Å²) in [6.07, 6.45) is 1.86. The summed E-state index contributed by atoms with van der Waals surface area (Å²) >= 11 is 0. The van der Waals surface area contributed by atoms with Crippen molar-refractivity contribution in [3.8, 4) is 17.2 Å². The van der Waals surface area contributed by atoms with Gasteiger partial charge in [-0.05, 0) is 31.5 Å². The zero-order valence-corrected chi connectivity index (χ0v) is 18.9. The summed E-state index contributed by atoms with van der Waals surface area (Å²) in [7, 11) is 1.34. The number of nitrogens with one attached hydrogen (secondary N) is 1. The van der Waals surface area contributed by atoms with Crippen molar-refractivity contribution in [2.75, 3.05) is 12.4 Å². The van der Waals surface area contributed by atoms with Gasteiger partial charge in [0.05, 0.1) is 30.3 Å². The van der Waals surface area contributed by atoms with Crippen LogP contribution >= 0.6 is 0 Å². The zero-order chi connectivity index (χ0) is 23.8. The number of rotatable bonds is 4. The Kier molecular flexibility index (Phi) is 5.37. The van der Waals surface area contributed by atoms with Gasteiger partial charge in [-0.2, -0.15) is 14.9 Å². The fourth-order valence-corrected chi connectivity index (χ4v) is 4.19. The molecule has 0 fully saturated rings. The highest BCUT2D eigenvalue weighted by atomic mass is 16.5. The predicted molar refractivity (Wildman–Crippen MR) is 125 cm³/mol. The third kappa shape index (κ3) is 3.81. The van der Waals surface area contributed by atoms with E-state index in [1.807, 2.05) is 50.2 Å². The van der Waals surface area contributed by atoms with Crippen LogP contribution in [0.15, 0.2) is 54.7 Å². The Labute approximate surface area is 195 Å². The Balaban J connectivity index is 1.56. The Morgan fingerprint density at radius 2 is 1.82 bits per heavy atom. The number of hydrogen-bond acceptors (Lipinski definition) is 7. The topological polar surface area (TPSA) is 112 Å². The average molecular weight is 454 g/mol. The molecule has 1 aliphatic rings. The highest BCUT2D eigenvalue weighted by Gasteiger charge is 2.33. The van der Waals surface area contributed by atoms with Crippen LogP contribution in [0, 0.1) is 13.8 Å². The van der Waals surface area contributed by atoms with E-state index in [1.54, 1.807) is 18.3 Å². The number of carbonyl (C=O) groups is 2. The van der Waals surface area contributed by atoms with Crippen LogP contribution in [0.1, 0.15) is 45.1 Å². The van der Waals surface area contributed by atoms with Gasteiger partial charge in [-0.15, -0.1) is 5.10 Å². The van der Waals surface area contributed by atoms with Crippen LogP contribution in [-0.4, -0.2) is 43.9 Å². The molecule has 1 atom stereocenters. The molecule has 9 nitrogen and oxygen atoms in total. The maximum atomic E-state index is 12.7. The summed E-state index contributed by atoms with van der Waals surface area (Å²) in [5.41, 5.74) is 5.70. The number of anilines is 1. The van der Waals surface area contributed by atoms with Gasteiger partial charge in [0, 0.05) is 23.5 Å². The number of benzene rings is 2. The first-order valence-electron chi connectivity index (χ1n) is 10.8.